The summed E-state index contributed by atoms with van der Waals surface area (Å²) in [5.41, 5.74) is 6.39. The van der Waals surface area contributed by atoms with E-state index in [0.29, 0.717) is 11.0 Å². The van der Waals surface area contributed by atoms with Crippen LogP contribution in [0.2, 0.25) is 0 Å². The molecule has 3 rings (SSSR count). The molecule has 1 heterocycles. The first-order chi connectivity index (χ1) is 11.4. The van der Waals surface area contributed by atoms with Crippen molar-refractivity contribution < 1.29 is 13.3 Å². The van der Waals surface area contributed by atoms with Gasteiger partial charge in [0.1, 0.15) is 0 Å². The number of rotatable bonds is 4. The zero-order valence-electron chi connectivity index (χ0n) is 12.1. The number of aromatic nitrogens is 2. The molecule has 3 aromatic rings. The third-order valence-corrected chi connectivity index (χ3v) is 4.50. The molecule has 122 valence electrons. The van der Waals surface area contributed by atoms with E-state index in [4.69, 9.17) is 5.73 Å². The maximum Gasteiger partial charge on any atom is 0.270 e. The molecule has 2 aromatic carbocycles. The van der Waals surface area contributed by atoms with Gasteiger partial charge in [-0.2, -0.15) is 0 Å². The van der Waals surface area contributed by atoms with Crippen molar-refractivity contribution in [2.45, 2.75) is 4.90 Å². The number of nitrogens with one attached hydrogen (secondary N) is 1. The van der Waals surface area contributed by atoms with Gasteiger partial charge in [0, 0.05) is 12.1 Å². The van der Waals surface area contributed by atoms with Gasteiger partial charge in [0.05, 0.1) is 20.9 Å². The summed E-state index contributed by atoms with van der Waals surface area (Å²) in [6.45, 7) is 0. The van der Waals surface area contributed by atoms with Crippen LogP contribution < -0.4 is 10.5 Å². The molecule has 0 aliphatic carbocycles. The Hall–Kier alpha value is -3.27. The van der Waals surface area contributed by atoms with E-state index in [1.807, 2.05) is 0 Å². The second-order valence-electron chi connectivity index (χ2n) is 4.81. The quantitative estimate of drug-likeness (QED) is 0.543. The molecule has 0 spiro atoms. The number of hydrogen-bond acceptors (Lipinski definition) is 7. The van der Waals surface area contributed by atoms with Gasteiger partial charge in [-0.05, 0) is 18.2 Å². The van der Waals surface area contributed by atoms with E-state index in [1.165, 1.54) is 18.2 Å². The second-order valence-corrected chi connectivity index (χ2v) is 6.49. The SMILES string of the molecule is Nc1nc2ccccc2nc1NS(=O)(=O)c1cccc([N+](=O)[O-])c1. The standard InChI is InChI=1S/C14H11N5O4S/c15-13-14(17-12-7-2-1-6-11(12)16-13)18-24(22,23)10-5-3-4-9(8-10)19(20)21/h1-8H,(H2,15,16)(H,17,18). The molecule has 0 unspecified atom stereocenters. The number of nitro benzene ring substituents is 1. The van der Waals surface area contributed by atoms with Gasteiger partial charge in [0.25, 0.3) is 15.7 Å². The molecular weight excluding hydrogens is 334 g/mol. The summed E-state index contributed by atoms with van der Waals surface area (Å²) >= 11 is 0. The Morgan fingerprint density at radius 1 is 1.04 bits per heavy atom. The third-order valence-electron chi connectivity index (χ3n) is 3.17. The van der Waals surface area contributed by atoms with Gasteiger partial charge >= 0.3 is 0 Å². The van der Waals surface area contributed by atoms with Crippen LogP contribution in [0.25, 0.3) is 11.0 Å². The zero-order chi connectivity index (χ0) is 17.3. The lowest BCUT2D eigenvalue weighted by Crippen LogP contribution is -2.16. The summed E-state index contributed by atoms with van der Waals surface area (Å²) in [6.07, 6.45) is 0. The summed E-state index contributed by atoms with van der Waals surface area (Å²) in [4.78, 5) is 18.0. The van der Waals surface area contributed by atoms with Gasteiger partial charge in [-0.25, -0.2) is 18.4 Å². The fourth-order valence-corrected chi connectivity index (χ4v) is 3.10. The van der Waals surface area contributed by atoms with E-state index in [9.17, 15) is 18.5 Å². The molecule has 9 nitrogen and oxygen atoms in total. The van der Waals surface area contributed by atoms with Crippen molar-refractivity contribution in [3.05, 3.63) is 58.6 Å². The topological polar surface area (TPSA) is 141 Å². The highest BCUT2D eigenvalue weighted by molar-refractivity contribution is 7.92. The minimum Gasteiger partial charge on any atom is -0.381 e. The smallest absolute Gasteiger partial charge is 0.270 e. The summed E-state index contributed by atoms with van der Waals surface area (Å²) in [5, 5.41) is 10.8. The number of hydrogen-bond donors (Lipinski definition) is 2. The summed E-state index contributed by atoms with van der Waals surface area (Å²) in [6, 6.07) is 11.5. The molecule has 1 aromatic heterocycles. The highest BCUT2D eigenvalue weighted by Crippen LogP contribution is 2.23. The highest BCUT2D eigenvalue weighted by atomic mass is 32.2. The van der Waals surface area contributed by atoms with Gasteiger partial charge in [-0.15, -0.1) is 0 Å². The molecule has 0 aliphatic rings. The van der Waals surface area contributed by atoms with Gasteiger partial charge < -0.3 is 5.73 Å². The van der Waals surface area contributed by atoms with Crippen LogP contribution in [0.15, 0.2) is 53.4 Å². The van der Waals surface area contributed by atoms with E-state index in [2.05, 4.69) is 14.7 Å². The molecule has 0 bridgehead atoms. The first-order valence-electron chi connectivity index (χ1n) is 6.66. The molecular formula is C14H11N5O4S. The van der Waals surface area contributed by atoms with E-state index >= 15 is 0 Å². The number of fused-ring (bicyclic) bond motifs is 1. The summed E-state index contributed by atoms with van der Waals surface area (Å²) in [7, 11) is -4.10. The molecule has 3 N–H and O–H groups in total. The number of nitrogens with two attached hydrogens (primary N) is 1. The molecule has 24 heavy (non-hydrogen) atoms. The van der Waals surface area contributed by atoms with Gasteiger partial charge in [-0.1, -0.05) is 18.2 Å². The van der Waals surface area contributed by atoms with Crippen LogP contribution in [0, 0.1) is 10.1 Å². The van der Waals surface area contributed by atoms with Crippen molar-refractivity contribution in [1.82, 2.24) is 9.97 Å². The summed E-state index contributed by atoms with van der Waals surface area (Å²) < 4.78 is 27.0. The first kappa shape index (κ1) is 15.6. The Morgan fingerprint density at radius 2 is 1.71 bits per heavy atom. The zero-order valence-corrected chi connectivity index (χ0v) is 12.9. The Labute approximate surface area is 136 Å². The lowest BCUT2D eigenvalue weighted by Gasteiger charge is -2.10. The van der Waals surface area contributed by atoms with E-state index in [1.54, 1.807) is 24.3 Å². The molecule has 0 fully saturated rings. The maximum absolute atomic E-state index is 12.4. The van der Waals surface area contributed by atoms with Crippen molar-refractivity contribution in [2.24, 2.45) is 0 Å². The number of non-ortho nitro benzene ring substituents is 1. The Morgan fingerprint density at radius 3 is 2.38 bits per heavy atom. The molecule has 0 atom stereocenters. The van der Waals surface area contributed by atoms with Crippen molar-refractivity contribution in [2.75, 3.05) is 10.5 Å². The number of benzene rings is 2. The molecule has 0 saturated heterocycles. The predicted octanol–water partition coefficient (Wildman–Crippen LogP) is 1.92. The van der Waals surface area contributed by atoms with Crippen LogP contribution >= 0.6 is 0 Å². The number of para-hydroxylation sites is 2. The van der Waals surface area contributed by atoms with Crippen LogP contribution in [0.1, 0.15) is 0 Å². The average molecular weight is 345 g/mol. The fourth-order valence-electron chi connectivity index (χ4n) is 2.04. The van der Waals surface area contributed by atoms with Crippen LogP contribution in [0.5, 0.6) is 0 Å². The molecule has 0 aliphatic heterocycles. The fraction of sp³-hybridized carbons (Fsp3) is 0. The molecule has 0 saturated carbocycles. The minimum atomic E-state index is -4.10. The van der Waals surface area contributed by atoms with Gasteiger partial charge in [0.2, 0.25) is 0 Å². The number of sulfonamides is 1. The monoisotopic (exact) mass is 345 g/mol. The third kappa shape index (κ3) is 2.94. The largest absolute Gasteiger partial charge is 0.381 e. The number of anilines is 2. The number of nitrogens with zero attached hydrogens (tertiary/aromatic N) is 3. The number of nitro groups is 1. The Balaban J connectivity index is 2.02. The van der Waals surface area contributed by atoms with Crippen LogP contribution in [0.4, 0.5) is 17.3 Å². The van der Waals surface area contributed by atoms with Crippen molar-refractivity contribution in [3.63, 3.8) is 0 Å². The maximum atomic E-state index is 12.4. The van der Waals surface area contributed by atoms with Crippen molar-refractivity contribution in [3.8, 4) is 0 Å². The molecule has 0 amide bonds. The van der Waals surface area contributed by atoms with Crippen molar-refractivity contribution in [1.29, 1.82) is 0 Å². The van der Waals surface area contributed by atoms with Gasteiger partial charge in [-0.3, -0.25) is 14.8 Å². The normalized spacial score (nSPS) is 11.3. The average Bonchev–Trinajstić information content (AvgIpc) is 2.55. The first-order valence-corrected chi connectivity index (χ1v) is 8.15. The van der Waals surface area contributed by atoms with E-state index < -0.39 is 14.9 Å². The molecule has 10 heteroatoms. The van der Waals surface area contributed by atoms with E-state index in [-0.39, 0.29) is 22.2 Å². The predicted molar refractivity (Wildman–Crippen MR) is 87.9 cm³/mol. The Kier molecular flexibility index (Phi) is 3.73. The van der Waals surface area contributed by atoms with Crippen LogP contribution in [-0.2, 0) is 10.0 Å². The van der Waals surface area contributed by atoms with Crippen LogP contribution in [0.3, 0.4) is 0 Å². The summed E-state index contributed by atoms with van der Waals surface area (Å²) in [5.74, 6) is -0.233. The van der Waals surface area contributed by atoms with E-state index in [0.717, 1.165) is 6.07 Å². The number of nitrogen functional groups attached to an aromatic ring is 1. The Bertz CT molecular complexity index is 1050. The van der Waals surface area contributed by atoms with Gasteiger partial charge in [0.15, 0.2) is 11.6 Å². The second kappa shape index (κ2) is 5.74. The minimum absolute atomic E-state index is 0.0947. The lowest BCUT2D eigenvalue weighted by atomic mass is 10.3. The molecule has 0 radical (unpaired) electrons. The van der Waals surface area contributed by atoms with Crippen molar-refractivity contribution >= 4 is 38.4 Å². The lowest BCUT2D eigenvalue weighted by molar-refractivity contribution is -0.385. The van der Waals surface area contributed by atoms with Crippen LogP contribution in [-0.4, -0.2) is 23.3 Å². The highest BCUT2D eigenvalue weighted by Gasteiger charge is 2.20.